The number of hydrogen-bond acceptors (Lipinski definition) is 2. The van der Waals surface area contributed by atoms with Gasteiger partial charge in [-0.15, -0.1) is 0 Å². The summed E-state index contributed by atoms with van der Waals surface area (Å²) in [5.74, 6) is -0.537. The maximum Gasteiger partial charge on any atom is 0.318 e. The van der Waals surface area contributed by atoms with E-state index in [0.29, 0.717) is 11.6 Å². The molecule has 4 heteroatoms. The number of nitrogens with zero attached hydrogens (tertiary/aromatic N) is 1. The number of benzene rings is 1. The van der Waals surface area contributed by atoms with Crippen molar-refractivity contribution in [3.63, 3.8) is 0 Å². The molecule has 0 bridgehead atoms. The maximum atomic E-state index is 12.4. The largest absolute Gasteiger partial charge is 0.468 e. The number of halogens is 1. The van der Waals surface area contributed by atoms with E-state index in [1.807, 2.05) is 24.3 Å². The molecule has 23 heavy (non-hydrogen) atoms. The molecule has 1 aliphatic carbocycles. The van der Waals surface area contributed by atoms with Gasteiger partial charge in [-0.05, 0) is 18.1 Å². The van der Waals surface area contributed by atoms with Crippen LogP contribution in [0.4, 0.5) is 0 Å². The Morgan fingerprint density at radius 2 is 2.17 bits per heavy atom. The Kier molecular flexibility index (Phi) is 4.60. The average molecular weight is 333 g/mol. The van der Waals surface area contributed by atoms with Gasteiger partial charge in [0.25, 0.3) is 0 Å². The lowest BCUT2D eigenvalue weighted by molar-refractivity contribution is -0.906. The molecule has 1 aromatic carbocycles. The third kappa shape index (κ3) is 3.36. The minimum Gasteiger partial charge on any atom is -0.468 e. The Bertz CT molecular complexity index is 680. The van der Waals surface area contributed by atoms with Crippen LogP contribution in [0.15, 0.2) is 47.6 Å². The van der Waals surface area contributed by atoms with E-state index in [2.05, 4.69) is 19.2 Å². The first-order valence-electron chi connectivity index (χ1n) is 8.06. The second-order valence-corrected chi connectivity index (χ2v) is 7.17. The number of allylic oxidation sites excluding steroid dienone is 1. The second kappa shape index (κ2) is 6.50. The fraction of sp³-hybridized carbons (Fsp3) is 0.421. The topological polar surface area (TPSA) is 26.3 Å². The van der Waals surface area contributed by atoms with E-state index >= 15 is 0 Å². The van der Waals surface area contributed by atoms with Gasteiger partial charge in [0.1, 0.15) is 12.5 Å². The number of quaternary nitrogens is 1. The molecule has 2 aliphatic rings. The van der Waals surface area contributed by atoms with Crippen LogP contribution in [-0.4, -0.2) is 44.2 Å². The molecule has 0 fully saturated rings. The fourth-order valence-electron chi connectivity index (χ4n) is 3.71. The van der Waals surface area contributed by atoms with E-state index in [4.69, 9.17) is 16.3 Å². The predicted molar refractivity (Wildman–Crippen MR) is 92.4 cm³/mol. The summed E-state index contributed by atoms with van der Waals surface area (Å²) in [4.78, 5) is 12.4. The van der Waals surface area contributed by atoms with E-state index in [1.165, 1.54) is 12.7 Å². The van der Waals surface area contributed by atoms with Crippen LogP contribution >= 0.6 is 11.6 Å². The normalized spacial score (nSPS) is 24.5. The third-order valence-electron chi connectivity index (χ3n) is 5.03. The van der Waals surface area contributed by atoms with Gasteiger partial charge >= 0.3 is 5.97 Å². The van der Waals surface area contributed by atoms with Crippen LogP contribution in [0.2, 0.25) is 5.02 Å². The molecule has 0 amide bonds. The molecule has 1 aliphatic heterocycles. The molecule has 1 aromatic rings. The summed E-state index contributed by atoms with van der Waals surface area (Å²) in [6.45, 7) is 2.74. The molecule has 2 atom stereocenters. The van der Waals surface area contributed by atoms with Crippen LogP contribution in [0.3, 0.4) is 0 Å². The van der Waals surface area contributed by atoms with Gasteiger partial charge in [-0.2, -0.15) is 0 Å². The van der Waals surface area contributed by atoms with Crippen LogP contribution in [-0.2, 0) is 9.53 Å². The lowest BCUT2D eigenvalue weighted by Crippen LogP contribution is -2.51. The zero-order valence-corrected chi connectivity index (χ0v) is 14.5. The zero-order valence-electron chi connectivity index (χ0n) is 13.7. The van der Waals surface area contributed by atoms with Crippen LogP contribution in [0.5, 0.6) is 0 Å². The molecule has 3 rings (SSSR count). The molecule has 0 saturated heterocycles. The molecular weight excluding hydrogens is 310 g/mol. The summed E-state index contributed by atoms with van der Waals surface area (Å²) in [7, 11) is 3.67. The molecule has 0 aromatic heterocycles. The van der Waals surface area contributed by atoms with Crippen LogP contribution < -0.4 is 0 Å². The SMILES string of the molecule is COC(=O)C(C[N+]1(C)CCC2=C(C=CC2)C1)c1ccccc1Cl. The molecule has 1 heterocycles. The minimum absolute atomic E-state index is 0.209. The van der Waals surface area contributed by atoms with Crippen molar-refractivity contribution < 1.29 is 14.0 Å². The van der Waals surface area contributed by atoms with E-state index in [-0.39, 0.29) is 11.9 Å². The predicted octanol–water partition coefficient (Wildman–Crippen LogP) is 3.70. The molecule has 3 nitrogen and oxygen atoms in total. The van der Waals surface area contributed by atoms with Crippen molar-refractivity contribution in [2.45, 2.75) is 18.8 Å². The second-order valence-electron chi connectivity index (χ2n) is 6.77. The Morgan fingerprint density at radius 3 is 2.91 bits per heavy atom. The molecule has 2 unspecified atom stereocenters. The highest BCUT2D eigenvalue weighted by Gasteiger charge is 2.37. The minimum atomic E-state index is -0.328. The fourth-order valence-corrected chi connectivity index (χ4v) is 3.98. The van der Waals surface area contributed by atoms with Crippen LogP contribution in [0, 0.1) is 0 Å². The van der Waals surface area contributed by atoms with Crippen LogP contribution in [0.25, 0.3) is 0 Å². The summed E-state index contributed by atoms with van der Waals surface area (Å²) in [5, 5.41) is 0.632. The Balaban J connectivity index is 1.86. The van der Waals surface area contributed by atoms with Crippen molar-refractivity contribution in [3.8, 4) is 0 Å². The van der Waals surface area contributed by atoms with Crippen LogP contribution in [0.1, 0.15) is 24.3 Å². The lowest BCUT2D eigenvalue weighted by atomic mass is 9.94. The number of rotatable bonds is 4. The summed E-state index contributed by atoms with van der Waals surface area (Å²) >= 11 is 6.34. The first kappa shape index (κ1) is 16.3. The monoisotopic (exact) mass is 332 g/mol. The van der Waals surface area contributed by atoms with Crippen molar-refractivity contribution in [1.82, 2.24) is 0 Å². The number of methoxy groups -OCH3 is 1. The highest BCUT2D eigenvalue weighted by atomic mass is 35.5. The number of esters is 1. The number of hydrogen-bond donors (Lipinski definition) is 0. The molecule has 0 radical (unpaired) electrons. The number of likely N-dealkylation sites (N-methyl/N-ethyl adjacent to an activating group) is 1. The summed E-state index contributed by atoms with van der Waals surface area (Å²) in [6.07, 6.45) is 6.69. The van der Waals surface area contributed by atoms with Crippen molar-refractivity contribution in [2.75, 3.05) is 33.8 Å². The maximum absolute atomic E-state index is 12.4. The van der Waals surface area contributed by atoms with Gasteiger partial charge in [0.15, 0.2) is 0 Å². The number of carbonyl (C=O) groups excluding carboxylic acids is 1. The van der Waals surface area contributed by atoms with Crippen molar-refractivity contribution in [3.05, 3.63) is 58.1 Å². The first-order valence-corrected chi connectivity index (χ1v) is 8.43. The molecule has 0 saturated carbocycles. The summed E-state index contributed by atoms with van der Waals surface area (Å²) in [5.41, 5.74) is 3.87. The summed E-state index contributed by atoms with van der Waals surface area (Å²) < 4.78 is 5.90. The van der Waals surface area contributed by atoms with Crippen molar-refractivity contribution >= 4 is 17.6 Å². The quantitative estimate of drug-likeness (QED) is 0.620. The number of carbonyl (C=O) groups is 1. The van der Waals surface area contributed by atoms with Crippen molar-refractivity contribution in [1.29, 1.82) is 0 Å². The third-order valence-corrected chi connectivity index (χ3v) is 5.38. The summed E-state index contributed by atoms with van der Waals surface area (Å²) in [6, 6.07) is 7.58. The molecular formula is C19H23ClNO2+. The zero-order chi connectivity index (χ0) is 16.4. The van der Waals surface area contributed by atoms with Gasteiger partial charge < -0.3 is 9.22 Å². The Labute approximate surface area is 142 Å². The lowest BCUT2D eigenvalue weighted by Gasteiger charge is -2.40. The van der Waals surface area contributed by atoms with Gasteiger partial charge in [0, 0.05) is 17.0 Å². The van der Waals surface area contributed by atoms with Gasteiger partial charge in [0.2, 0.25) is 0 Å². The molecule has 122 valence electrons. The Morgan fingerprint density at radius 1 is 1.39 bits per heavy atom. The Hall–Kier alpha value is -1.58. The first-order chi connectivity index (χ1) is 11.0. The van der Waals surface area contributed by atoms with E-state index in [1.54, 1.807) is 5.57 Å². The van der Waals surface area contributed by atoms with E-state index in [0.717, 1.165) is 36.0 Å². The van der Waals surface area contributed by atoms with Crippen molar-refractivity contribution in [2.24, 2.45) is 0 Å². The van der Waals surface area contributed by atoms with E-state index < -0.39 is 0 Å². The number of ether oxygens (including phenoxy) is 1. The highest BCUT2D eigenvalue weighted by molar-refractivity contribution is 6.31. The van der Waals surface area contributed by atoms with E-state index in [9.17, 15) is 4.79 Å². The smallest absolute Gasteiger partial charge is 0.318 e. The average Bonchev–Trinajstić information content (AvgIpc) is 3.00. The highest BCUT2D eigenvalue weighted by Crippen LogP contribution is 2.34. The van der Waals surface area contributed by atoms with Gasteiger partial charge in [-0.3, -0.25) is 4.79 Å². The molecule has 0 spiro atoms. The molecule has 0 N–H and O–H groups in total. The van der Waals surface area contributed by atoms with Gasteiger partial charge in [-0.25, -0.2) is 0 Å². The standard InChI is InChI=1S/C19H23ClNO2/c1-21(11-10-14-6-5-7-15(14)12-21)13-17(19(22)23-2)16-8-3-4-9-18(16)20/h3-5,7-9,17H,6,10-13H2,1-2H3/q+1. The van der Waals surface area contributed by atoms with Gasteiger partial charge in [-0.1, -0.05) is 47.5 Å². The van der Waals surface area contributed by atoms with Gasteiger partial charge in [0.05, 0.1) is 27.2 Å².